The molecule has 3 aromatic heterocycles. The van der Waals surface area contributed by atoms with E-state index in [2.05, 4.69) is 20.6 Å². The van der Waals surface area contributed by atoms with E-state index in [4.69, 9.17) is 4.74 Å². The van der Waals surface area contributed by atoms with Crippen LogP contribution in [0.1, 0.15) is 16.1 Å². The highest BCUT2D eigenvalue weighted by Gasteiger charge is 2.10. The third kappa shape index (κ3) is 4.27. The fraction of sp³-hybridized carbons (Fsp3) is 0.150. The van der Waals surface area contributed by atoms with E-state index in [0.29, 0.717) is 17.0 Å². The van der Waals surface area contributed by atoms with Gasteiger partial charge in [0.2, 0.25) is 5.43 Å². The lowest BCUT2D eigenvalue weighted by Crippen LogP contribution is -2.17. The van der Waals surface area contributed by atoms with Crippen LogP contribution in [-0.4, -0.2) is 35.2 Å². The number of hydrogen-bond donors (Lipinski definition) is 1. The minimum Gasteiger partial charge on any atom is -0.487 e. The Morgan fingerprint density at radius 2 is 1.90 bits per heavy atom. The molecule has 0 spiro atoms. The summed E-state index contributed by atoms with van der Waals surface area (Å²) in [5.41, 5.74) is 1.78. The van der Waals surface area contributed by atoms with Gasteiger partial charge in [-0.1, -0.05) is 6.07 Å². The monoisotopic (exact) mass is 405 g/mol. The molecule has 30 heavy (non-hydrogen) atoms. The summed E-state index contributed by atoms with van der Waals surface area (Å²) in [6, 6.07) is 8.35. The summed E-state index contributed by atoms with van der Waals surface area (Å²) in [5.74, 6) is 0.223. The number of carbonyl (C=O) groups excluding carboxylic acids is 1. The second-order valence-electron chi connectivity index (χ2n) is 6.62. The van der Waals surface area contributed by atoms with E-state index in [0.717, 1.165) is 5.69 Å². The molecule has 0 saturated heterocycles. The number of hydrogen-bond acceptors (Lipinski definition) is 6. The first-order valence-corrected chi connectivity index (χ1v) is 9.09. The van der Waals surface area contributed by atoms with Gasteiger partial charge in [0.25, 0.3) is 5.91 Å². The molecule has 0 saturated carbocycles. The Kier molecular flexibility index (Phi) is 5.12. The van der Waals surface area contributed by atoms with Gasteiger partial charge in [-0.2, -0.15) is 15.3 Å². The number of carbonyl (C=O) groups is 1. The molecule has 10 heteroatoms. The third-order valence-electron chi connectivity index (χ3n) is 4.27. The van der Waals surface area contributed by atoms with Crippen molar-refractivity contribution in [2.45, 2.75) is 6.61 Å². The van der Waals surface area contributed by atoms with E-state index in [-0.39, 0.29) is 23.6 Å². The molecule has 152 valence electrons. The average molecular weight is 405 g/mol. The lowest BCUT2D eigenvalue weighted by Gasteiger charge is -2.09. The van der Waals surface area contributed by atoms with Crippen LogP contribution in [0.4, 0.5) is 5.69 Å². The second kappa shape index (κ2) is 8.03. The standard InChI is InChI=1S/C20H19N7O3/c1-25-11-14(9-21-25)20(29)23-15-4-3-5-17(8-15)30-13-18-19(28)6-7-27(24-18)16-10-22-26(2)12-16/h3-12H,13H2,1-2H3,(H,23,29). The van der Waals surface area contributed by atoms with Crippen LogP contribution in [0.5, 0.6) is 5.75 Å². The molecule has 0 unspecified atom stereocenters. The van der Waals surface area contributed by atoms with Crippen molar-refractivity contribution < 1.29 is 9.53 Å². The van der Waals surface area contributed by atoms with Crippen molar-refractivity contribution in [1.29, 1.82) is 0 Å². The number of ether oxygens (including phenoxy) is 1. The van der Waals surface area contributed by atoms with Crippen molar-refractivity contribution >= 4 is 11.6 Å². The predicted octanol–water partition coefficient (Wildman–Crippen LogP) is 1.53. The largest absolute Gasteiger partial charge is 0.487 e. The summed E-state index contributed by atoms with van der Waals surface area (Å²) in [6.45, 7) is -0.0139. The molecule has 0 atom stereocenters. The SMILES string of the molecule is Cn1cc(C(=O)Nc2cccc(OCc3nn(-c4cnn(C)c4)ccc3=O)c2)cn1. The summed E-state index contributed by atoms with van der Waals surface area (Å²) < 4.78 is 10.5. The number of aromatic nitrogens is 6. The third-order valence-corrected chi connectivity index (χ3v) is 4.27. The zero-order valence-electron chi connectivity index (χ0n) is 16.4. The van der Waals surface area contributed by atoms with Crippen molar-refractivity contribution in [1.82, 2.24) is 29.3 Å². The Labute approximate surface area is 171 Å². The highest BCUT2D eigenvalue weighted by Crippen LogP contribution is 2.19. The van der Waals surface area contributed by atoms with Gasteiger partial charge in [-0.15, -0.1) is 0 Å². The first-order chi connectivity index (χ1) is 14.5. The predicted molar refractivity (Wildman–Crippen MR) is 109 cm³/mol. The summed E-state index contributed by atoms with van der Waals surface area (Å²) in [4.78, 5) is 24.4. The maximum absolute atomic E-state index is 12.3. The highest BCUT2D eigenvalue weighted by atomic mass is 16.5. The van der Waals surface area contributed by atoms with Gasteiger partial charge in [-0.3, -0.25) is 19.0 Å². The van der Waals surface area contributed by atoms with Gasteiger partial charge in [0.05, 0.1) is 24.2 Å². The van der Waals surface area contributed by atoms with Crippen LogP contribution in [0.2, 0.25) is 0 Å². The Morgan fingerprint density at radius 1 is 1.10 bits per heavy atom. The fourth-order valence-electron chi connectivity index (χ4n) is 2.77. The average Bonchev–Trinajstić information content (AvgIpc) is 3.36. The molecule has 0 aliphatic rings. The van der Waals surface area contributed by atoms with Gasteiger partial charge < -0.3 is 10.1 Å². The molecule has 0 fully saturated rings. The van der Waals surface area contributed by atoms with E-state index in [1.54, 1.807) is 77.2 Å². The fourth-order valence-corrected chi connectivity index (χ4v) is 2.77. The molecule has 1 N–H and O–H groups in total. The van der Waals surface area contributed by atoms with Crippen LogP contribution >= 0.6 is 0 Å². The maximum atomic E-state index is 12.3. The normalized spacial score (nSPS) is 10.7. The van der Waals surface area contributed by atoms with Crippen LogP contribution < -0.4 is 15.5 Å². The molecular formula is C20H19N7O3. The zero-order valence-corrected chi connectivity index (χ0v) is 16.4. The van der Waals surface area contributed by atoms with E-state index >= 15 is 0 Å². The van der Waals surface area contributed by atoms with E-state index < -0.39 is 0 Å². The number of nitrogens with one attached hydrogen (secondary N) is 1. The van der Waals surface area contributed by atoms with E-state index in [1.165, 1.54) is 12.3 Å². The van der Waals surface area contributed by atoms with Gasteiger partial charge in [0.1, 0.15) is 23.7 Å². The molecule has 1 aromatic carbocycles. The zero-order chi connectivity index (χ0) is 21.1. The van der Waals surface area contributed by atoms with Crippen LogP contribution in [0.3, 0.4) is 0 Å². The second-order valence-corrected chi connectivity index (χ2v) is 6.62. The van der Waals surface area contributed by atoms with Crippen molar-refractivity contribution in [3.8, 4) is 11.4 Å². The summed E-state index contributed by atoms with van der Waals surface area (Å²) in [6.07, 6.45) is 8.14. The van der Waals surface area contributed by atoms with Gasteiger partial charge in [0, 0.05) is 44.3 Å². The quantitative estimate of drug-likeness (QED) is 0.521. The van der Waals surface area contributed by atoms with Crippen LogP contribution in [0, 0.1) is 0 Å². The summed E-state index contributed by atoms with van der Waals surface area (Å²) in [7, 11) is 3.54. The number of aryl methyl sites for hydroxylation is 2. The summed E-state index contributed by atoms with van der Waals surface area (Å²) >= 11 is 0. The van der Waals surface area contributed by atoms with E-state index in [9.17, 15) is 9.59 Å². The lowest BCUT2D eigenvalue weighted by atomic mass is 10.2. The van der Waals surface area contributed by atoms with Crippen LogP contribution in [0.15, 0.2) is 66.1 Å². The van der Waals surface area contributed by atoms with Gasteiger partial charge in [0.15, 0.2) is 0 Å². The number of amides is 1. The number of anilines is 1. The Morgan fingerprint density at radius 3 is 2.63 bits per heavy atom. The lowest BCUT2D eigenvalue weighted by molar-refractivity contribution is 0.102. The van der Waals surface area contributed by atoms with Crippen LogP contribution in [-0.2, 0) is 20.7 Å². The molecule has 4 aromatic rings. The number of nitrogens with zero attached hydrogens (tertiary/aromatic N) is 6. The number of rotatable bonds is 6. The Hall–Kier alpha value is -4.21. The van der Waals surface area contributed by atoms with Crippen LogP contribution in [0.25, 0.3) is 5.69 Å². The Balaban J connectivity index is 1.46. The molecule has 0 bridgehead atoms. The van der Waals surface area contributed by atoms with Crippen molar-refractivity contribution in [3.05, 3.63) is 82.8 Å². The van der Waals surface area contributed by atoms with Gasteiger partial charge in [-0.05, 0) is 12.1 Å². The summed E-state index contributed by atoms with van der Waals surface area (Å²) in [5, 5.41) is 15.2. The Bertz CT molecular complexity index is 1260. The molecule has 4 rings (SSSR count). The topological polar surface area (TPSA) is 109 Å². The highest BCUT2D eigenvalue weighted by molar-refractivity contribution is 6.04. The van der Waals surface area contributed by atoms with Crippen molar-refractivity contribution in [2.24, 2.45) is 14.1 Å². The smallest absolute Gasteiger partial charge is 0.258 e. The molecule has 10 nitrogen and oxygen atoms in total. The maximum Gasteiger partial charge on any atom is 0.258 e. The number of benzene rings is 1. The molecule has 1 amide bonds. The van der Waals surface area contributed by atoms with Gasteiger partial charge >= 0.3 is 0 Å². The first kappa shape index (κ1) is 19.1. The minimum atomic E-state index is -0.274. The van der Waals surface area contributed by atoms with Gasteiger partial charge in [-0.25, -0.2) is 4.68 Å². The molecule has 0 radical (unpaired) electrons. The molecule has 0 aliphatic carbocycles. The van der Waals surface area contributed by atoms with Crippen molar-refractivity contribution in [3.63, 3.8) is 0 Å². The minimum absolute atomic E-state index is 0.0139. The molecule has 3 heterocycles. The van der Waals surface area contributed by atoms with Crippen molar-refractivity contribution in [2.75, 3.05) is 5.32 Å². The molecule has 0 aliphatic heterocycles. The van der Waals surface area contributed by atoms with E-state index in [1.807, 2.05) is 0 Å². The first-order valence-electron chi connectivity index (χ1n) is 9.09. The molecular weight excluding hydrogens is 386 g/mol.